The van der Waals surface area contributed by atoms with Crippen LogP contribution in [0.5, 0.6) is 0 Å². The molecule has 1 aliphatic rings. The predicted molar refractivity (Wildman–Crippen MR) is 112 cm³/mol. The van der Waals surface area contributed by atoms with E-state index in [0.717, 1.165) is 28.1 Å². The number of halogens is 1. The number of hydrogen-bond donors (Lipinski definition) is 1. The standard InChI is InChI=1S/C21H19ClN4O4/c22-16-5-3-15(4-6-16)20-18-9-11-24(21(27)28)12-10-19(18)25(23-20)13-14-1-7-17(8-2-14)26(29)30/h1-8H,9-13H2,(H,27,28). The summed E-state index contributed by atoms with van der Waals surface area (Å²) in [6.45, 7) is 1.25. The van der Waals surface area contributed by atoms with Gasteiger partial charge in [0.1, 0.15) is 0 Å². The van der Waals surface area contributed by atoms with Gasteiger partial charge in [0.2, 0.25) is 0 Å². The monoisotopic (exact) mass is 426 g/mol. The Balaban J connectivity index is 1.72. The van der Waals surface area contributed by atoms with Crippen LogP contribution in [0.15, 0.2) is 48.5 Å². The Labute approximate surface area is 177 Å². The first-order valence-corrected chi connectivity index (χ1v) is 9.86. The van der Waals surface area contributed by atoms with Crippen LogP contribution in [0.4, 0.5) is 10.5 Å². The van der Waals surface area contributed by atoms with Gasteiger partial charge in [0.05, 0.1) is 17.2 Å². The molecule has 1 aliphatic heterocycles. The first-order valence-electron chi connectivity index (χ1n) is 9.48. The summed E-state index contributed by atoms with van der Waals surface area (Å²) in [5.41, 5.74) is 4.67. The smallest absolute Gasteiger partial charge is 0.407 e. The van der Waals surface area contributed by atoms with Crippen molar-refractivity contribution in [3.05, 3.63) is 80.5 Å². The lowest BCUT2D eigenvalue weighted by atomic mass is 10.0. The van der Waals surface area contributed by atoms with Gasteiger partial charge in [-0.1, -0.05) is 35.9 Å². The van der Waals surface area contributed by atoms with Gasteiger partial charge in [0, 0.05) is 53.5 Å². The highest BCUT2D eigenvalue weighted by atomic mass is 35.5. The zero-order chi connectivity index (χ0) is 21.3. The van der Waals surface area contributed by atoms with Gasteiger partial charge in [-0.05, 0) is 24.1 Å². The van der Waals surface area contributed by atoms with Crippen molar-refractivity contribution < 1.29 is 14.8 Å². The zero-order valence-corrected chi connectivity index (χ0v) is 16.7. The van der Waals surface area contributed by atoms with Crippen molar-refractivity contribution in [1.29, 1.82) is 0 Å². The molecule has 1 N–H and O–H groups in total. The maximum atomic E-state index is 11.5. The second-order valence-corrected chi connectivity index (χ2v) is 7.57. The molecule has 0 radical (unpaired) electrons. The summed E-state index contributed by atoms with van der Waals surface area (Å²) in [5, 5.41) is 25.8. The molecule has 2 heterocycles. The van der Waals surface area contributed by atoms with Crippen molar-refractivity contribution in [2.45, 2.75) is 19.4 Å². The molecule has 1 amide bonds. The van der Waals surface area contributed by atoms with Crippen molar-refractivity contribution in [1.82, 2.24) is 14.7 Å². The quantitative estimate of drug-likeness (QED) is 0.496. The average Bonchev–Trinajstić information content (AvgIpc) is 2.91. The molecule has 0 saturated carbocycles. The van der Waals surface area contributed by atoms with E-state index in [2.05, 4.69) is 0 Å². The van der Waals surface area contributed by atoms with Crippen LogP contribution in [-0.2, 0) is 19.4 Å². The Bertz CT molecular complexity index is 1090. The van der Waals surface area contributed by atoms with E-state index in [0.29, 0.717) is 37.5 Å². The molecule has 9 heteroatoms. The molecular weight excluding hydrogens is 408 g/mol. The van der Waals surface area contributed by atoms with Crippen molar-refractivity contribution >= 4 is 23.4 Å². The van der Waals surface area contributed by atoms with Gasteiger partial charge in [0.15, 0.2) is 0 Å². The number of carboxylic acid groups (broad SMARTS) is 1. The number of non-ortho nitro benzene ring substituents is 1. The van der Waals surface area contributed by atoms with E-state index in [1.807, 2.05) is 16.8 Å². The number of fused-ring (bicyclic) bond motifs is 1. The molecule has 0 aliphatic carbocycles. The fraction of sp³-hybridized carbons (Fsp3) is 0.238. The van der Waals surface area contributed by atoms with E-state index in [1.54, 1.807) is 24.3 Å². The predicted octanol–water partition coefficient (Wildman–Crippen LogP) is 4.24. The third-order valence-electron chi connectivity index (χ3n) is 5.28. The fourth-order valence-electron chi connectivity index (χ4n) is 3.73. The van der Waals surface area contributed by atoms with Gasteiger partial charge in [-0.15, -0.1) is 0 Å². The van der Waals surface area contributed by atoms with Crippen molar-refractivity contribution in [2.75, 3.05) is 13.1 Å². The van der Waals surface area contributed by atoms with Gasteiger partial charge in [-0.2, -0.15) is 5.10 Å². The minimum absolute atomic E-state index is 0.0389. The molecule has 3 aromatic rings. The van der Waals surface area contributed by atoms with Crippen molar-refractivity contribution in [2.24, 2.45) is 0 Å². The number of carbonyl (C=O) groups is 1. The highest BCUT2D eigenvalue weighted by Crippen LogP contribution is 2.30. The van der Waals surface area contributed by atoms with Gasteiger partial charge in [0.25, 0.3) is 5.69 Å². The molecule has 0 atom stereocenters. The van der Waals surface area contributed by atoms with Gasteiger partial charge >= 0.3 is 6.09 Å². The molecule has 8 nitrogen and oxygen atoms in total. The second kappa shape index (κ2) is 8.16. The van der Waals surface area contributed by atoms with Crippen LogP contribution in [0.25, 0.3) is 11.3 Å². The lowest BCUT2D eigenvalue weighted by Gasteiger charge is -2.16. The van der Waals surface area contributed by atoms with Crippen LogP contribution < -0.4 is 0 Å². The van der Waals surface area contributed by atoms with E-state index >= 15 is 0 Å². The lowest BCUT2D eigenvalue weighted by molar-refractivity contribution is -0.384. The number of amides is 1. The highest BCUT2D eigenvalue weighted by molar-refractivity contribution is 6.30. The molecular formula is C21H19ClN4O4. The maximum Gasteiger partial charge on any atom is 0.407 e. The van der Waals surface area contributed by atoms with Gasteiger partial charge in [-0.3, -0.25) is 14.8 Å². The van der Waals surface area contributed by atoms with Crippen LogP contribution in [0.3, 0.4) is 0 Å². The Kier molecular flexibility index (Phi) is 5.41. The Morgan fingerprint density at radius 2 is 1.77 bits per heavy atom. The normalized spacial score (nSPS) is 13.6. The molecule has 0 saturated heterocycles. The minimum atomic E-state index is -0.928. The van der Waals surface area contributed by atoms with Gasteiger partial charge < -0.3 is 10.0 Å². The molecule has 0 unspecified atom stereocenters. The van der Waals surface area contributed by atoms with E-state index in [9.17, 15) is 20.0 Å². The van der Waals surface area contributed by atoms with E-state index < -0.39 is 11.0 Å². The van der Waals surface area contributed by atoms with E-state index in [1.165, 1.54) is 17.0 Å². The molecule has 4 rings (SSSR count). The highest BCUT2D eigenvalue weighted by Gasteiger charge is 2.25. The molecule has 30 heavy (non-hydrogen) atoms. The molecule has 1 aromatic heterocycles. The molecule has 154 valence electrons. The third kappa shape index (κ3) is 3.99. The van der Waals surface area contributed by atoms with Crippen LogP contribution in [-0.4, -0.2) is 43.9 Å². The Morgan fingerprint density at radius 1 is 1.10 bits per heavy atom. The number of rotatable bonds is 4. The maximum absolute atomic E-state index is 11.5. The summed E-state index contributed by atoms with van der Waals surface area (Å²) in [7, 11) is 0. The lowest BCUT2D eigenvalue weighted by Crippen LogP contribution is -2.32. The number of nitro benzene ring substituents is 1. The summed E-state index contributed by atoms with van der Waals surface area (Å²) in [4.78, 5) is 23.4. The van der Waals surface area contributed by atoms with Crippen molar-refractivity contribution in [3.8, 4) is 11.3 Å². The summed E-state index contributed by atoms with van der Waals surface area (Å²) >= 11 is 6.02. The second-order valence-electron chi connectivity index (χ2n) is 7.13. The van der Waals surface area contributed by atoms with Crippen LogP contribution in [0.2, 0.25) is 5.02 Å². The van der Waals surface area contributed by atoms with Gasteiger partial charge in [-0.25, -0.2) is 4.79 Å². The zero-order valence-electron chi connectivity index (χ0n) is 16.0. The average molecular weight is 427 g/mol. The van der Waals surface area contributed by atoms with E-state index in [-0.39, 0.29) is 5.69 Å². The topological polar surface area (TPSA) is 102 Å². The first kappa shape index (κ1) is 19.9. The summed E-state index contributed by atoms with van der Waals surface area (Å²) in [6.07, 6.45) is 0.192. The van der Waals surface area contributed by atoms with Crippen LogP contribution in [0.1, 0.15) is 16.8 Å². The van der Waals surface area contributed by atoms with Crippen molar-refractivity contribution in [3.63, 3.8) is 0 Å². The van der Waals surface area contributed by atoms with E-state index in [4.69, 9.17) is 16.7 Å². The molecule has 0 bridgehead atoms. The summed E-state index contributed by atoms with van der Waals surface area (Å²) in [5.74, 6) is 0. The number of nitrogens with zero attached hydrogens (tertiary/aromatic N) is 4. The molecule has 0 fully saturated rings. The summed E-state index contributed by atoms with van der Waals surface area (Å²) < 4.78 is 1.88. The number of aromatic nitrogens is 2. The van der Waals surface area contributed by atoms with Crippen LogP contribution in [0, 0.1) is 10.1 Å². The number of benzene rings is 2. The SMILES string of the molecule is O=C(O)N1CCc2c(-c3ccc(Cl)cc3)nn(Cc3ccc([N+](=O)[O-])cc3)c2CC1. The first-order chi connectivity index (χ1) is 14.4. The molecule has 2 aromatic carbocycles. The number of nitro groups is 1. The Morgan fingerprint density at radius 3 is 2.40 bits per heavy atom. The fourth-order valence-corrected chi connectivity index (χ4v) is 3.86. The summed E-state index contributed by atoms with van der Waals surface area (Å²) in [6, 6.07) is 13.8. The Hall–Kier alpha value is -3.39. The minimum Gasteiger partial charge on any atom is -0.465 e. The third-order valence-corrected chi connectivity index (χ3v) is 5.54. The van der Waals surface area contributed by atoms with Crippen LogP contribution >= 0.6 is 11.6 Å². The number of hydrogen-bond acceptors (Lipinski definition) is 4. The molecule has 0 spiro atoms. The largest absolute Gasteiger partial charge is 0.465 e.